The Morgan fingerprint density at radius 2 is 1.87 bits per heavy atom. The summed E-state index contributed by atoms with van der Waals surface area (Å²) in [7, 11) is 0. The maximum absolute atomic E-state index is 13.3. The molecule has 1 aromatic heterocycles. The zero-order chi connectivity index (χ0) is 21.3. The lowest BCUT2D eigenvalue weighted by molar-refractivity contribution is -0.123. The first-order chi connectivity index (χ1) is 14.5. The summed E-state index contributed by atoms with van der Waals surface area (Å²) in [6, 6.07) is 13.5. The summed E-state index contributed by atoms with van der Waals surface area (Å²) in [5.74, 6) is -0.0329. The molecule has 1 saturated carbocycles. The molecule has 1 aliphatic carbocycles. The summed E-state index contributed by atoms with van der Waals surface area (Å²) >= 11 is 1.67. The number of anilines is 1. The number of rotatable bonds is 4. The second-order valence-electron chi connectivity index (χ2n) is 7.98. The molecule has 6 heteroatoms. The van der Waals surface area contributed by atoms with Crippen LogP contribution >= 0.6 is 11.8 Å². The number of ketones is 1. The van der Waals surface area contributed by atoms with Gasteiger partial charge in [-0.3, -0.25) is 14.6 Å². The molecule has 0 spiro atoms. The Morgan fingerprint density at radius 3 is 2.53 bits per heavy atom. The Bertz CT molecular complexity index is 1030. The minimum atomic E-state index is -0.380. The van der Waals surface area contributed by atoms with Crippen LogP contribution in [0.25, 0.3) is 0 Å². The predicted octanol–water partition coefficient (Wildman–Crippen LogP) is 4.87. The van der Waals surface area contributed by atoms with Gasteiger partial charge in [0.2, 0.25) is 0 Å². The van der Waals surface area contributed by atoms with Gasteiger partial charge in [0.1, 0.15) is 11.6 Å². The number of carbonyl (C=O) groups excluding carboxylic acids is 2. The Kier molecular flexibility index (Phi) is 5.86. The molecule has 1 N–H and O–H groups in total. The second kappa shape index (κ2) is 8.56. The maximum atomic E-state index is 13.3. The van der Waals surface area contributed by atoms with Crippen molar-refractivity contribution in [1.82, 2.24) is 4.98 Å². The Labute approximate surface area is 181 Å². The third kappa shape index (κ3) is 3.97. The molecule has 2 aromatic rings. The predicted molar refractivity (Wildman–Crippen MR) is 121 cm³/mol. The normalized spacial score (nSPS) is 23.6. The van der Waals surface area contributed by atoms with Crippen molar-refractivity contribution in [3.05, 3.63) is 65.5 Å². The minimum absolute atomic E-state index is 0.169. The average Bonchev–Trinajstić information content (AvgIpc) is 2.73. The van der Waals surface area contributed by atoms with Crippen LogP contribution in [-0.4, -0.2) is 28.6 Å². The number of hydrogen-bond acceptors (Lipinski definition) is 5. The van der Waals surface area contributed by atoms with Crippen LogP contribution in [0.5, 0.6) is 0 Å². The average molecular weight is 420 g/mol. The minimum Gasteiger partial charge on any atom is -0.307 e. The fraction of sp³-hybridized carbons (Fsp3) is 0.333. The first-order valence-corrected chi connectivity index (χ1v) is 11.4. The molecule has 2 heterocycles. The summed E-state index contributed by atoms with van der Waals surface area (Å²) in [6.07, 6.45) is 4.99. The molecule has 30 heavy (non-hydrogen) atoms. The molecule has 3 atom stereocenters. The van der Waals surface area contributed by atoms with Crippen LogP contribution in [0.1, 0.15) is 38.2 Å². The molecule has 1 aromatic carbocycles. The quantitative estimate of drug-likeness (QED) is 0.718. The molecule has 4 rings (SSSR count). The zero-order valence-electron chi connectivity index (χ0n) is 17.4. The molecule has 154 valence electrons. The number of thioether (sulfide) groups is 1. The lowest BCUT2D eigenvalue weighted by atomic mass is 9.67. The van der Waals surface area contributed by atoms with E-state index in [9.17, 15) is 9.59 Å². The number of nitrogens with one attached hydrogen (secondary N) is 1. The molecule has 0 radical (unpaired) electrons. The van der Waals surface area contributed by atoms with E-state index in [1.54, 1.807) is 30.1 Å². The van der Waals surface area contributed by atoms with Crippen molar-refractivity contribution in [3.63, 3.8) is 0 Å². The number of allylic oxidation sites excluding steroid dienone is 1. The van der Waals surface area contributed by atoms with Crippen molar-refractivity contribution in [3.8, 4) is 0 Å². The molecule has 5 nitrogen and oxygen atoms in total. The molecular formula is C24H25N3O2S. The van der Waals surface area contributed by atoms with E-state index < -0.39 is 0 Å². The van der Waals surface area contributed by atoms with Crippen LogP contribution in [0.2, 0.25) is 0 Å². The summed E-state index contributed by atoms with van der Waals surface area (Å²) in [5.41, 5.74) is 3.10. The van der Waals surface area contributed by atoms with Crippen LogP contribution in [-0.2, 0) is 9.59 Å². The third-order valence-corrected chi connectivity index (χ3v) is 6.53. The van der Waals surface area contributed by atoms with Gasteiger partial charge in [-0.15, -0.1) is 11.8 Å². The molecular weight excluding hydrogens is 394 g/mol. The monoisotopic (exact) mass is 419 g/mol. The van der Waals surface area contributed by atoms with Crippen LogP contribution in [0.15, 0.2) is 69.8 Å². The van der Waals surface area contributed by atoms with Crippen LogP contribution in [0.3, 0.4) is 0 Å². The van der Waals surface area contributed by atoms with Gasteiger partial charge >= 0.3 is 0 Å². The Hall–Kier alpha value is -2.73. The third-order valence-electron chi connectivity index (χ3n) is 5.78. The van der Waals surface area contributed by atoms with Gasteiger partial charge in [0, 0.05) is 40.4 Å². The van der Waals surface area contributed by atoms with Gasteiger partial charge in [-0.1, -0.05) is 25.1 Å². The number of aliphatic imine (C=N–C) groups is 1. The van der Waals surface area contributed by atoms with E-state index in [1.807, 2.05) is 43.5 Å². The van der Waals surface area contributed by atoms with Gasteiger partial charge in [-0.05, 0) is 55.3 Å². The van der Waals surface area contributed by atoms with Crippen molar-refractivity contribution >= 4 is 35.0 Å². The van der Waals surface area contributed by atoms with E-state index in [0.29, 0.717) is 23.5 Å². The van der Waals surface area contributed by atoms with E-state index >= 15 is 0 Å². The molecule has 0 bridgehead atoms. The van der Waals surface area contributed by atoms with Crippen LogP contribution in [0.4, 0.5) is 5.82 Å². The number of amides is 1. The molecule has 0 saturated heterocycles. The highest BCUT2D eigenvalue weighted by molar-refractivity contribution is 7.98. The number of aromatic nitrogens is 1. The molecule has 2 aliphatic rings. The Morgan fingerprint density at radius 1 is 1.10 bits per heavy atom. The number of hydrogen-bond donors (Lipinski definition) is 1. The van der Waals surface area contributed by atoms with Gasteiger partial charge in [0.05, 0.1) is 5.92 Å². The highest BCUT2D eigenvalue weighted by atomic mass is 32.2. The standard InChI is InChI=1S/C24H25N3O2S/c1-14-12-18-23(19(28)13-14)22(16-7-9-17(30-3)10-8-16)21(15(2)26-18)24(29)27-20-6-4-5-11-25-20/h4-11,14,22-23H,12-13H2,1-3H3,(H,25,27,29)/t14-,22-,23?/m1/s1. The van der Waals surface area contributed by atoms with Gasteiger partial charge < -0.3 is 5.32 Å². The number of fused-ring (bicyclic) bond motifs is 1. The molecule has 1 unspecified atom stereocenters. The number of pyridine rings is 1. The highest BCUT2D eigenvalue weighted by Crippen LogP contribution is 2.44. The Balaban J connectivity index is 1.79. The van der Waals surface area contributed by atoms with Crippen molar-refractivity contribution in [1.29, 1.82) is 0 Å². The zero-order valence-corrected chi connectivity index (χ0v) is 18.2. The van der Waals surface area contributed by atoms with Crippen molar-refractivity contribution in [2.75, 3.05) is 11.6 Å². The van der Waals surface area contributed by atoms with E-state index in [4.69, 9.17) is 4.99 Å². The fourth-order valence-corrected chi connectivity index (χ4v) is 4.88. The topological polar surface area (TPSA) is 71.4 Å². The number of Topliss-reactive ketones (excluding diaryl/α,β-unsaturated/α-hetero) is 1. The van der Waals surface area contributed by atoms with E-state index in [1.165, 1.54) is 0 Å². The largest absolute Gasteiger partial charge is 0.307 e. The molecule has 1 aliphatic heterocycles. The van der Waals surface area contributed by atoms with E-state index in [-0.39, 0.29) is 29.4 Å². The molecule has 1 amide bonds. The van der Waals surface area contributed by atoms with Gasteiger partial charge in [-0.2, -0.15) is 0 Å². The first kappa shape index (κ1) is 20.5. The second-order valence-corrected chi connectivity index (χ2v) is 8.86. The van der Waals surface area contributed by atoms with Gasteiger partial charge in [0.15, 0.2) is 0 Å². The SMILES string of the molecule is CSc1ccc([C@@H]2C(C(=O)Nc3ccccn3)=C(C)N=C3C[C@@H](C)CC(=O)C32)cc1. The van der Waals surface area contributed by atoms with Crippen molar-refractivity contribution < 1.29 is 9.59 Å². The van der Waals surface area contributed by atoms with Gasteiger partial charge in [-0.25, -0.2) is 4.98 Å². The van der Waals surface area contributed by atoms with Crippen LogP contribution < -0.4 is 5.32 Å². The summed E-state index contributed by atoms with van der Waals surface area (Å²) in [5, 5.41) is 2.89. The van der Waals surface area contributed by atoms with Crippen molar-refractivity contribution in [2.24, 2.45) is 16.8 Å². The van der Waals surface area contributed by atoms with E-state index in [2.05, 4.69) is 17.2 Å². The smallest absolute Gasteiger partial charge is 0.255 e. The number of nitrogens with zero attached hydrogens (tertiary/aromatic N) is 2. The first-order valence-electron chi connectivity index (χ1n) is 10.1. The van der Waals surface area contributed by atoms with E-state index in [0.717, 1.165) is 22.6 Å². The maximum Gasteiger partial charge on any atom is 0.255 e. The number of carbonyl (C=O) groups is 2. The molecule has 1 fully saturated rings. The summed E-state index contributed by atoms with van der Waals surface area (Å²) in [6.45, 7) is 3.95. The number of benzene rings is 1. The van der Waals surface area contributed by atoms with Gasteiger partial charge in [0.25, 0.3) is 5.91 Å². The summed E-state index contributed by atoms with van der Waals surface area (Å²) in [4.78, 5) is 36.6. The fourth-order valence-electron chi connectivity index (χ4n) is 4.47. The highest BCUT2D eigenvalue weighted by Gasteiger charge is 2.44. The summed E-state index contributed by atoms with van der Waals surface area (Å²) < 4.78 is 0. The van der Waals surface area contributed by atoms with Crippen molar-refractivity contribution in [2.45, 2.75) is 37.5 Å². The van der Waals surface area contributed by atoms with Crippen LogP contribution in [0, 0.1) is 11.8 Å². The lowest BCUT2D eigenvalue weighted by Gasteiger charge is -2.37. The lowest BCUT2D eigenvalue weighted by Crippen LogP contribution is -2.41.